The van der Waals surface area contributed by atoms with Crippen molar-refractivity contribution in [2.24, 2.45) is 5.92 Å². The van der Waals surface area contributed by atoms with Gasteiger partial charge in [0.1, 0.15) is 5.75 Å². The highest BCUT2D eigenvalue weighted by Gasteiger charge is 2.26. The van der Waals surface area contributed by atoms with Crippen molar-refractivity contribution in [2.75, 3.05) is 20.3 Å². The van der Waals surface area contributed by atoms with Crippen LogP contribution in [0.5, 0.6) is 5.75 Å². The van der Waals surface area contributed by atoms with Crippen molar-refractivity contribution in [3.8, 4) is 5.75 Å². The Hall–Kier alpha value is -1.06. The van der Waals surface area contributed by atoms with Gasteiger partial charge < -0.3 is 14.8 Å². The molecule has 1 heterocycles. The lowest BCUT2D eigenvalue weighted by molar-refractivity contribution is 0.00459. The normalized spacial score (nSPS) is 17.1. The molecule has 0 spiro atoms. The Morgan fingerprint density at radius 3 is 2.79 bits per heavy atom. The van der Waals surface area contributed by atoms with Crippen molar-refractivity contribution in [1.29, 1.82) is 0 Å². The average Bonchev–Trinajstić information content (AvgIpc) is 2.85. The molecular formula is C16H25NO2. The smallest absolute Gasteiger partial charge is 0.122 e. The summed E-state index contributed by atoms with van der Waals surface area (Å²) in [6.07, 6.45) is 1.20. The Morgan fingerprint density at radius 1 is 1.37 bits per heavy atom. The molecule has 2 rings (SSSR count). The standard InChI is InChI=1S/C16H25NO2/c1-5-18-16(11(2)3)15(17-4)13-6-7-14-12(10-13)8-9-19-14/h6-7,10-11,15-17H,5,8-9H2,1-4H3. The van der Waals surface area contributed by atoms with E-state index in [-0.39, 0.29) is 12.1 Å². The number of likely N-dealkylation sites (N-methyl/N-ethyl adjacent to an activating group) is 1. The number of hydrogen-bond acceptors (Lipinski definition) is 3. The second-order valence-corrected chi connectivity index (χ2v) is 5.40. The summed E-state index contributed by atoms with van der Waals surface area (Å²) in [7, 11) is 2.00. The molecule has 2 atom stereocenters. The van der Waals surface area contributed by atoms with Crippen LogP contribution in [0.1, 0.15) is 37.9 Å². The topological polar surface area (TPSA) is 30.5 Å². The minimum atomic E-state index is 0.190. The Kier molecular flexibility index (Phi) is 4.83. The van der Waals surface area contributed by atoms with Crippen LogP contribution in [0, 0.1) is 5.92 Å². The predicted molar refractivity (Wildman–Crippen MR) is 77.7 cm³/mol. The number of rotatable bonds is 6. The highest BCUT2D eigenvalue weighted by Crippen LogP contribution is 2.31. The first kappa shape index (κ1) is 14.4. The first-order valence-corrected chi connectivity index (χ1v) is 7.21. The van der Waals surface area contributed by atoms with Gasteiger partial charge in [-0.15, -0.1) is 0 Å². The zero-order valence-corrected chi connectivity index (χ0v) is 12.4. The van der Waals surface area contributed by atoms with Crippen LogP contribution in [0.15, 0.2) is 18.2 Å². The van der Waals surface area contributed by atoms with Gasteiger partial charge in [-0.2, -0.15) is 0 Å². The van der Waals surface area contributed by atoms with E-state index in [2.05, 4.69) is 44.3 Å². The van der Waals surface area contributed by atoms with E-state index in [0.717, 1.165) is 25.4 Å². The maximum atomic E-state index is 5.94. The van der Waals surface area contributed by atoms with Gasteiger partial charge in [-0.05, 0) is 37.1 Å². The van der Waals surface area contributed by atoms with Gasteiger partial charge in [0.25, 0.3) is 0 Å². The number of benzene rings is 1. The van der Waals surface area contributed by atoms with Gasteiger partial charge >= 0.3 is 0 Å². The van der Waals surface area contributed by atoms with Crippen LogP contribution in [-0.2, 0) is 11.2 Å². The number of fused-ring (bicyclic) bond motifs is 1. The Morgan fingerprint density at radius 2 is 2.16 bits per heavy atom. The van der Waals surface area contributed by atoms with Gasteiger partial charge in [-0.3, -0.25) is 0 Å². The monoisotopic (exact) mass is 263 g/mol. The molecule has 106 valence electrons. The molecule has 1 N–H and O–H groups in total. The van der Waals surface area contributed by atoms with Gasteiger partial charge in [-0.1, -0.05) is 26.0 Å². The summed E-state index contributed by atoms with van der Waals surface area (Å²) < 4.78 is 11.5. The van der Waals surface area contributed by atoms with Gasteiger partial charge in [0, 0.05) is 13.0 Å². The van der Waals surface area contributed by atoms with Crippen LogP contribution in [-0.4, -0.2) is 26.4 Å². The third kappa shape index (κ3) is 3.10. The van der Waals surface area contributed by atoms with E-state index < -0.39 is 0 Å². The van der Waals surface area contributed by atoms with E-state index in [1.54, 1.807) is 0 Å². The quantitative estimate of drug-likeness (QED) is 0.856. The van der Waals surface area contributed by atoms with E-state index in [1.165, 1.54) is 11.1 Å². The molecule has 0 saturated carbocycles. The van der Waals surface area contributed by atoms with Crippen LogP contribution in [0.3, 0.4) is 0 Å². The summed E-state index contributed by atoms with van der Waals surface area (Å²) >= 11 is 0. The van der Waals surface area contributed by atoms with E-state index in [0.29, 0.717) is 5.92 Å². The molecule has 0 aliphatic carbocycles. The van der Waals surface area contributed by atoms with Crippen LogP contribution in [0.2, 0.25) is 0 Å². The average molecular weight is 263 g/mol. The second kappa shape index (κ2) is 6.40. The minimum absolute atomic E-state index is 0.190. The molecule has 1 aliphatic heterocycles. The summed E-state index contributed by atoms with van der Waals surface area (Å²) in [4.78, 5) is 0. The molecule has 0 radical (unpaired) electrons. The summed E-state index contributed by atoms with van der Waals surface area (Å²) in [5, 5.41) is 3.41. The van der Waals surface area contributed by atoms with Crippen molar-refractivity contribution in [2.45, 2.75) is 39.3 Å². The molecule has 1 aromatic rings. The van der Waals surface area contributed by atoms with Crippen molar-refractivity contribution in [3.05, 3.63) is 29.3 Å². The summed E-state index contributed by atoms with van der Waals surface area (Å²) in [6, 6.07) is 6.73. The van der Waals surface area contributed by atoms with Crippen molar-refractivity contribution in [3.63, 3.8) is 0 Å². The number of ether oxygens (including phenoxy) is 2. The SMILES string of the molecule is CCOC(C(C)C)C(NC)c1ccc2c(c1)CCO2. The molecule has 19 heavy (non-hydrogen) atoms. The summed E-state index contributed by atoms with van der Waals surface area (Å²) in [5.74, 6) is 1.51. The largest absolute Gasteiger partial charge is 0.493 e. The van der Waals surface area contributed by atoms with Crippen LogP contribution in [0.4, 0.5) is 0 Å². The molecule has 3 nitrogen and oxygen atoms in total. The van der Waals surface area contributed by atoms with Crippen molar-refractivity contribution >= 4 is 0 Å². The van der Waals surface area contributed by atoms with Gasteiger partial charge in [0.15, 0.2) is 0 Å². The van der Waals surface area contributed by atoms with Crippen molar-refractivity contribution < 1.29 is 9.47 Å². The van der Waals surface area contributed by atoms with E-state index in [9.17, 15) is 0 Å². The molecule has 2 unspecified atom stereocenters. The third-order valence-electron chi connectivity index (χ3n) is 3.73. The van der Waals surface area contributed by atoms with Gasteiger partial charge in [0.05, 0.1) is 18.8 Å². The van der Waals surface area contributed by atoms with Gasteiger partial charge in [-0.25, -0.2) is 0 Å². The van der Waals surface area contributed by atoms with Crippen LogP contribution < -0.4 is 10.1 Å². The van der Waals surface area contributed by atoms with Crippen molar-refractivity contribution in [1.82, 2.24) is 5.32 Å². The van der Waals surface area contributed by atoms with E-state index in [1.807, 2.05) is 7.05 Å². The first-order chi connectivity index (χ1) is 9.17. The maximum absolute atomic E-state index is 5.94. The van der Waals surface area contributed by atoms with Gasteiger partial charge in [0.2, 0.25) is 0 Å². The summed E-state index contributed by atoms with van der Waals surface area (Å²) in [6.45, 7) is 8.03. The minimum Gasteiger partial charge on any atom is -0.493 e. The third-order valence-corrected chi connectivity index (χ3v) is 3.73. The zero-order chi connectivity index (χ0) is 13.8. The number of hydrogen-bond donors (Lipinski definition) is 1. The lowest BCUT2D eigenvalue weighted by Gasteiger charge is -2.30. The Balaban J connectivity index is 2.25. The summed E-state index contributed by atoms with van der Waals surface area (Å²) in [5.41, 5.74) is 2.61. The first-order valence-electron chi connectivity index (χ1n) is 7.21. The zero-order valence-electron chi connectivity index (χ0n) is 12.4. The molecule has 0 amide bonds. The molecule has 0 aromatic heterocycles. The highest BCUT2D eigenvalue weighted by molar-refractivity contribution is 5.41. The molecule has 0 fully saturated rings. The Bertz CT molecular complexity index is 417. The second-order valence-electron chi connectivity index (χ2n) is 5.40. The highest BCUT2D eigenvalue weighted by atomic mass is 16.5. The molecule has 1 aliphatic rings. The van der Waals surface area contributed by atoms with Crippen LogP contribution >= 0.6 is 0 Å². The van der Waals surface area contributed by atoms with Crippen LogP contribution in [0.25, 0.3) is 0 Å². The Labute approximate surface area is 116 Å². The lowest BCUT2D eigenvalue weighted by atomic mass is 9.92. The number of nitrogens with one attached hydrogen (secondary N) is 1. The molecule has 0 bridgehead atoms. The molecule has 1 aromatic carbocycles. The van der Waals surface area contributed by atoms with E-state index >= 15 is 0 Å². The lowest BCUT2D eigenvalue weighted by Crippen LogP contribution is -2.35. The molecule has 3 heteroatoms. The predicted octanol–water partition coefficient (Wildman–Crippen LogP) is 2.94. The maximum Gasteiger partial charge on any atom is 0.122 e. The fraction of sp³-hybridized carbons (Fsp3) is 0.625. The molecule has 0 saturated heterocycles. The van der Waals surface area contributed by atoms with E-state index in [4.69, 9.17) is 9.47 Å². The fourth-order valence-electron chi connectivity index (χ4n) is 2.79. The fourth-order valence-corrected chi connectivity index (χ4v) is 2.79. The molecular weight excluding hydrogens is 238 g/mol.